The fourth-order valence-corrected chi connectivity index (χ4v) is 5.32. The van der Waals surface area contributed by atoms with Crippen molar-refractivity contribution in [3.05, 3.63) is 118 Å². The van der Waals surface area contributed by atoms with Crippen molar-refractivity contribution in [2.45, 2.75) is 13.5 Å². The maximum absolute atomic E-state index is 13.5. The molecule has 6 rings (SSSR count). The molecule has 0 spiro atoms. The predicted molar refractivity (Wildman–Crippen MR) is 157 cm³/mol. The molecule has 1 saturated heterocycles. The van der Waals surface area contributed by atoms with E-state index in [2.05, 4.69) is 21.1 Å². The lowest BCUT2D eigenvalue weighted by atomic mass is 10.0. The highest BCUT2D eigenvalue weighted by Crippen LogP contribution is 2.25. The van der Waals surface area contributed by atoms with Gasteiger partial charge >= 0.3 is 0 Å². The van der Waals surface area contributed by atoms with Gasteiger partial charge in [0.25, 0.3) is 5.91 Å². The Morgan fingerprint density at radius 3 is 2.37 bits per heavy atom. The van der Waals surface area contributed by atoms with Crippen LogP contribution in [0, 0.1) is 18.3 Å². The molecule has 1 N–H and O–H groups in total. The molecule has 0 radical (unpaired) electrons. The lowest BCUT2D eigenvalue weighted by molar-refractivity contribution is 0.0626. The van der Waals surface area contributed by atoms with Crippen molar-refractivity contribution in [3.63, 3.8) is 0 Å². The minimum atomic E-state index is -0.301. The van der Waals surface area contributed by atoms with Crippen LogP contribution in [0.5, 0.6) is 0 Å². The highest BCUT2D eigenvalue weighted by atomic mass is 35.5. The van der Waals surface area contributed by atoms with E-state index in [1.807, 2.05) is 66.6 Å². The first-order chi connectivity index (χ1) is 19.9. The molecular formula is C32H27ClN6O2. The van der Waals surface area contributed by atoms with Gasteiger partial charge in [-0.3, -0.25) is 14.5 Å². The number of H-pyrrole nitrogens is 1. The first-order valence-electron chi connectivity index (χ1n) is 13.4. The van der Waals surface area contributed by atoms with Crippen LogP contribution in [-0.4, -0.2) is 62.4 Å². The number of rotatable bonds is 6. The van der Waals surface area contributed by atoms with Crippen LogP contribution < -0.4 is 0 Å². The summed E-state index contributed by atoms with van der Waals surface area (Å²) in [4.78, 5) is 33.9. The summed E-state index contributed by atoms with van der Waals surface area (Å²) >= 11 is 6.13. The van der Waals surface area contributed by atoms with Crippen molar-refractivity contribution >= 4 is 34.2 Å². The van der Waals surface area contributed by atoms with E-state index in [0.29, 0.717) is 60.3 Å². The van der Waals surface area contributed by atoms with Gasteiger partial charge in [0.15, 0.2) is 5.69 Å². The average Bonchev–Trinajstić information content (AvgIpc) is 3.62. The Bertz CT molecular complexity index is 1790. The van der Waals surface area contributed by atoms with Gasteiger partial charge in [0.2, 0.25) is 5.78 Å². The van der Waals surface area contributed by atoms with E-state index in [1.165, 1.54) is 0 Å². The van der Waals surface area contributed by atoms with E-state index in [4.69, 9.17) is 11.6 Å². The largest absolute Gasteiger partial charge is 0.361 e. The number of carbonyl (C=O) groups is 2. The summed E-state index contributed by atoms with van der Waals surface area (Å²) in [6.45, 7) is 4.69. The Morgan fingerprint density at radius 1 is 0.951 bits per heavy atom. The Balaban J connectivity index is 1.26. The first kappa shape index (κ1) is 26.5. The monoisotopic (exact) mass is 562 g/mol. The lowest BCUT2D eigenvalue weighted by Crippen LogP contribution is -2.48. The zero-order valence-corrected chi connectivity index (χ0v) is 23.2. The standard InChI is InChI=1S/C32H27ClN6O2/c1-21-2-4-23(5-3-21)31(40)30-27(19-34)29(39(36-30)26-10-8-25(33)9-11-26)20-37-14-16-38(17-15-37)32(41)24-7-6-22-12-13-35-28(22)18-24/h2-13,18,35H,14-17,20H2,1H3. The third kappa shape index (κ3) is 5.25. The summed E-state index contributed by atoms with van der Waals surface area (Å²) in [5.74, 6) is -0.305. The third-order valence-corrected chi connectivity index (χ3v) is 7.78. The van der Waals surface area contributed by atoms with Crippen LogP contribution in [-0.2, 0) is 6.54 Å². The van der Waals surface area contributed by atoms with E-state index < -0.39 is 0 Å². The zero-order chi connectivity index (χ0) is 28.5. The summed E-state index contributed by atoms with van der Waals surface area (Å²) < 4.78 is 1.67. The minimum Gasteiger partial charge on any atom is -0.361 e. The number of ketones is 1. The molecule has 0 atom stereocenters. The molecule has 1 aliphatic heterocycles. The molecule has 0 bridgehead atoms. The van der Waals surface area contributed by atoms with Crippen LogP contribution >= 0.6 is 11.6 Å². The number of nitrogens with one attached hydrogen (secondary N) is 1. The van der Waals surface area contributed by atoms with Gasteiger partial charge in [0, 0.05) is 60.6 Å². The first-order valence-corrected chi connectivity index (χ1v) is 13.8. The highest BCUT2D eigenvalue weighted by molar-refractivity contribution is 6.30. The maximum Gasteiger partial charge on any atom is 0.254 e. The van der Waals surface area contributed by atoms with E-state index in [-0.39, 0.29) is 22.9 Å². The van der Waals surface area contributed by atoms with Gasteiger partial charge in [-0.25, -0.2) is 4.68 Å². The van der Waals surface area contributed by atoms with Crippen LogP contribution in [0.25, 0.3) is 16.6 Å². The zero-order valence-electron chi connectivity index (χ0n) is 22.5. The molecule has 1 amide bonds. The summed E-state index contributed by atoms with van der Waals surface area (Å²) in [5, 5.41) is 16.5. The molecule has 41 heavy (non-hydrogen) atoms. The number of carbonyl (C=O) groups excluding carboxylic acids is 2. The van der Waals surface area contributed by atoms with Crippen LogP contribution in [0.1, 0.15) is 43.2 Å². The summed E-state index contributed by atoms with van der Waals surface area (Å²) in [6, 6.07) is 24.3. The number of amides is 1. The molecular weight excluding hydrogens is 536 g/mol. The summed E-state index contributed by atoms with van der Waals surface area (Å²) in [7, 11) is 0. The Morgan fingerprint density at radius 2 is 1.66 bits per heavy atom. The van der Waals surface area contributed by atoms with Gasteiger partial charge in [0.1, 0.15) is 11.6 Å². The number of aromatic nitrogens is 3. The number of benzene rings is 3. The second kappa shape index (κ2) is 11.0. The molecule has 2 aromatic heterocycles. The summed E-state index contributed by atoms with van der Waals surface area (Å²) in [5.41, 5.74) is 4.81. The van der Waals surface area contributed by atoms with Gasteiger partial charge < -0.3 is 9.88 Å². The Hall–Kier alpha value is -4.71. The topological polar surface area (TPSA) is 98.0 Å². The number of hydrogen-bond donors (Lipinski definition) is 1. The number of hydrogen-bond acceptors (Lipinski definition) is 5. The second-order valence-corrected chi connectivity index (χ2v) is 10.6. The smallest absolute Gasteiger partial charge is 0.254 e. The Kier molecular flexibility index (Phi) is 7.14. The SMILES string of the molecule is Cc1ccc(C(=O)c2nn(-c3ccc(Cl)cc3)c(CN3CCN(C(=O)c4ccc5cc[nH]c5c4)CC3)c2C#N)cc1. The third-order valence-electron chi connectivity index (χ3n) is 7.53. The van der Waals surface area contributed by atoms with Gasteiger partial charge in [-0.2, -0.15) is 10.4 Å². The lowest BCUT2D eigenvalue weighted by Gasteiger charge is -2.34. The number of halogens is 1. The fraction of sp³-hybridized carbons (Fsp3) is 0.188. The normalized spacial score (nSPS) is 13.8. The number of piperazine rings is 1. The van der Waals surface area contributed by atoms with Crippen LogP contribution in [0.4, 0.5) is 0 Å². The number of fused-ring (bicyclic) bond motifs is 1. The highest BCUT2D eigenvalue weighted by Gasteiger charge is 2.28. The molecule has 1 fully saturated rings. The van der Waals surface area contributed by atoms with Crippen molar-refractivity contribution in [1.82, 2.24) is 24.6 Å². The average molecular weight is 563 g/mol. The molecule has 0 saturated carbocycles. The van der Waals surface area contributed by atoms with E-state index in [9.17, 15) is 14.9 Å². The molecule has 0 unspecified atom stereocenters. The molecule has 1 aliphatic rings. The van der Waals surface area contributed by atoms with Crippen LogP contribution in [0.15, 0.2) is 79.0 Å². The number of nitriles is 1. The maximum atomic E-state index is 13.5. The van der Waals surface area contributed by atoms with Crippen LogP contribution in [0.3, 0.4) is 0 Å². The molecule has 9 heteroatoms. The van der Waals surface area contributed by atoms with Crippen molar-refractivity contribution in [2.75, 3.05) is 26.2 Å². The number of aryl methyl sites for hydroxylation is 1. The van der Waals surface area contributed by atoms with E-state index in [0.717, 1.165) is 16.5 Å². The predicted octanol–water partition coefficient (Wildman–Crippen LogP) is 5.38. The Labute approximate surface area is 242 Å². The van der Waals surface area contributed by atoms with E-state index in [1.54, 1.807) is 28.9 Å². The van der Waals surface area contributed by atoms with Gasteiger partial charge in [-0.15, -0.1) is 0 Å². The van der Waals surface area contributed by atoms with Gasteiger partial charge in [0.05, 0.1) is 11.4 Å². The molecule has 5 aromatic rings. The molecule has 0 aliphatic carbocycles. The van der Waals surface area contributed by atoms with Crippen molar-refractivity contribution < 1.29 is 9.59 Å². The van der Waals surface area contributed by atoms with E-state index >= 15 is 0 Å². The van der Waals surface area contributed by atoms with Crippen molar-refractivity contribution in [3.8, 4) is 11.8 Å². The minimum absolute atomic E-state index is 0.00366. The molecule has 204 valence electrons. The van der Waals surface area contributed by atoms with Gasteiger partial charge in [-0.1, -0.05) is 47.5 Å². The molecule has 8 nitrogen and oxygen atoms in total. The molecule has 3 heterocycles. The number of aromatic amines is 1. The molecule has 3 aromatic carbocycles. The summed E-state index contributed by atoms with van der Waals surface area (Å²) in [6.07, 6.45) is 1.86. The van der Waals surface area contributed by atoms with Gasteiger partial charge in [-0.05, 0) is 54.8 Å². The fourth-order valence-electron chi connectivity index (χ4n) is 5.20. The quantitative estimate of drug-likeness (QED) is 0.280. The number of nitrogens with zero attached hydrogens (tertiary/aromatic N) is 5. The van der Waals surface area contributed by atoms with Crippen molar-refractivity contribution in [2.24, 2.45) is 0 Å². The van der Waals surface area contributed by atoms with Crippen molar-refractivity contribution in [1.29, 1.82) is 5.26 Å². The van der Waals surface area contributed by atoms with Crippen LogP contribution in [0.2, 0.25) is 5.02 Å². The second-order valence-electron chi connectivity index (χ2n) is 10.2.